The van der Waals surface area contributed by atoms with Gasteiger partial charge in [-0.15, -0.1) is 0 Å². The molecule has 1 aliphatic rings. The molecule has 1 heterocycles. The van der Waals surface area contributed by atoms with E-state index >= 15 is 0 Å². The predicted molar refractivity (Wildman–Crippen MR) is 100 cm³/mol. The molecular weight excluding hydrogens is 332 g/mol. The van der Waals surface area contributed by atoms with Gasteiger partial charge in [0.25, 0.3) is 0 Å². The number of nitrogens with one attached hydrogen (secondary N) is 2. The highest BCUT2D eigenvalue weighted by Gasteiger charge is 2.30. The molecule has 3 unspecified atom stereocenters. The fourth-order valence-corrected chi connectivity index (χ4v) is 3.49. The van der Waals surface area contributed by atoms with Crippen molar-refractivity contribution in [3.05, 3.63) is 35.9 Å². The van der Waals surface area contributed by atoms with Crippen LogP contribution in [0.1, 0.15) is 38.7 Å². The Morgan fingerprint density at radius 1 is 1.27 bits per heavy atom. The van der Waals surface area contributed by atoms with Crippen LogP contribution in [0.5, 0.6) is 0 Å². The van der Waals surface area contributed by atoms with Crippen LogP contribution in [-0.4, -0.2) is 42.4 Å². The molecule has 2 rings (SSSR count). The van der Waals surface area contributed by atoms with Gasteiger partial charge in [0, 0.05) is 31.5 Å². The van der Waals surface area contributed by atoms with Crippen molar-refractivity contribution in [2.45, 2.75) is 51.7 Å². The van der Waals surface area contributed by atoms with Crippen LogP contribution in [0, 0.1) is 11.8 Å². The maximum Gasteiger partial charge on any atom is 0.315 e. The Morgan fingerprint density at radius 3 is 2.65 bits per heavy atom. The van der Waals surface area contributed by atoms with Crippen molar-refractivity contribution >= 4 is 12.0 Å². The number of carbonyl (C=O) groups is 2. The second kappa shape index (κ2) is 10.2. The van der Waals surface area contributed by atoms with E-state index in [-0.39, 0.29) is 24.6 Å². The maximum atomic E-state index is 12.3. The zero-order valence-electron chi connectivity index (χ0n) is 15.6. The summed E-state index contributed by atoms with van der Waals surface area (Å²) in [5.74, 6) is -0.103. The van der Waals surface area contributed by atoms with Crippen molar-refractivity contribution < 1.29 is 19.4 Å². The zero-order chi connectivity index (χ0) is 18.9. The Morgan fingerprint density at radius 2 is 2.00 bits per heavy atom. The molecule has 1 fully saturated rings. The molecular formula is C20H30N2O4. The highest BCUT2D eigenvalue weighted by Crippen LogP contribution is 2.26. The topological polar surface area (TPSA) is 87.7 Å². The first-order valence-corrected chi connectivity index (χ1v) is 9.37. The third-order valence-corrected chi connectivity index (χ3v) is 4.81. The number of carboxylic acid groups (broad SMARTS) is 1. The molecule has 0 aliphatic carbocycles. The molecule has 0 saturated carbocycles. The normalized spacial score (nSPS) is 20.7. The average Bonchev–Trinajstić information content (AvgIpc) is 3.07. The van der Waals surface area contributed by atoms with Gasteiger partial charge in [0.15, 0.2) is 0 Å². The molecule has 1 aromatic carbocycles. The lowest BCUT2D eigenvalue weighted by molar-refractivity contribution is -0.137. The summed E-state index contributed by atoms with van der Waals surface area (Å²) in [6, 6.07) is 9.32. The molecule has 0 radical (unpaired) electrons. The zero-order valence-corrected chi connectivity index (χ0v) is 15.6. The standard InChI is InChI=1S/C20H30N2O4/c1-14(2)19-16(10-11-26-19)13-21-20(25)22-17(8-9-18(23)24)12-15-6-4-3-5-7-15/h3-7,14,16-17,19H,8-13H2,1-2H3,(H,23,24)(H2,21,22,25). The largest absolute Gasteiger partial charge is 0.481 e. The van der Waals surface area contributed by atoms with Crippen molar-refractivity contribution in [3.63, 3.8) is 0 Å². The van der Waals surface area contributed by atoms with Crippen LogP contribution in [0.4, 0.5) is 4.79 Å². The number of amides is 2. The molecule has 0 bridgehead atoms. The van der Waals surface area contributed by atoms with Gasteiger partial charge in [0.1, 0.15) is 0 Å². The molecule has 1 aliphatic heterocycles. The molecule has 2 amide bonds. The summed E-state index contributed by atoms with van der Waals surface area (Å²) in [5, 5.41) is 14.8. The minimum absolute atomic E-state index is 0.0314. The molecule has 3 N–H and O–H groups in total. The minimum atomic E-state index is -0.854. The van der Waals surface area contributed by atoms with Crippen molar-refractivity contribution in [3.8, 4) is 0 Å². The Labute approximate surface area is 155 Å². The number of benzene rings is 1. The van der Waals surface area contributed by atoms with E-state index in [9.17, 15) is 9.59 Å². The van der Waals surface area contributed by atoms with E-state index in [1.165, 1.54) is 0 Å². The van der Waals surface area contributed by atoms with Crippen LogP contribution in [-0.2, 0) is 16.0 Å². The number of carbonyl (C=O) groups excluding carboxylic acids is 1. The first-order valence-electron chi connectivity index (χ1n) is 9.37. The molecule has 6 heteroatoms. The van der Waals surface area contributed by atoms with E-state index in [0.717, 1.165) is 18.6 Å². The van der Waals surface area contributed by atoms with Crippen LogP contribution in [0.2, 0.25) is 0 Å². The van der Waals surface area contributed by atoms with E-state index < -0.39 is 5.97 Å². The molecule has 0 spiro atoms. The van der Waals surface area contributed by atoms with Crippen molar-refractivity contribution in [2.75, 3.05) is 13.2 Å². The molecule has 144 valence electrons. The lowest BCUT2D eigenvalue weighted by atomic mass is 9.93. The summed E-state index contributed by atoms with van der Waals surface area (Å²) in [6.45, 7) is 5.58. The van der Waals surface area contributed by atoms with Crippen LogP contribution < -0.4 is 10.6 Å². The van der Waals surface area contributed by atoms with E-state index in [2.05, 4.69) is 24.5 Å². The van der Waals surface area contributed by atoms with Gasteiger partial charge in [-0.2, -0.15) is 0 Å². The summed E-state index contributed by atoms with van der Waals surface area (Å²) >= 11 is 0. The third-order valence-electron chi connectivity index (χ3n) is 4.81. The second-order valence-corrected chi connectivity index (χ2v) is 7.30. The van der Waals surface area contributed by atoms with E-state index in [4.69, 9.17) is 9.84 Å². The van der Waals surface area contributed by atoms with E-state index in [0.29, 0.717) is 31.2 Å². The molecule has 6 nitrogen and oxygen atoms in total. The van der Waals surface area contributed by atoms with Gasteiger partial charge in [0.05, 0.1) is 6.10 Å². The maximum absolute atomic E-state index is 12.3. The quantitative estimate of drug-likeness (QED) is 0.630. The SMILES string of the molecule is CC(C)C1OCCC1CNC(=O)NC(CCC(=O)O)Cc1ccccc1. The predicted octanol–water partition coefficient (Wildman–Crippen LogP) is 2.82. The highest BCUT2D eigenvalue weighted by atomic mass is 16.5. The van der Waals surface area contributed by atoms with Crippen molar-refractivity contribution in [1.82, 2.24) is 10.6 Å². The van der Waals surface area contributed by atoms with Gasteiger partial charge in [-0.1, -0.05) is 44.2 Å². The smallest absolute Gasteiger partial charge is 0.315 e. The number of urea groups is 1. The first kappa shape index (κ1) is 20.2. The fraction of sp³-hybridized carbons (Fsp3) is 0.600. The van der Waals surface area contributed by atoms with Gasteiger partial charge < -0.3 is 20.5 Å². The highest BCUT2D eigenvalue weighted by molar-refractivity contribution is 5.74. The van der Waals surface area contributed by atoms with Gasteiger partial charge >= 0.3 is 12.0 Å². The Hall–Kier alpha value is -2.08. The minimum Gasteiger partial charge on any atom is -0.481 e. The summed E-state index contributed by atoms with van der Waals surface area (Å²) in [5.41, 5.74) is 1.08. The third kappa shape index (κ3) is 6.67. The number of carboxylic acids is 1. The summed E-state index contributed by atoms with van der Waals surface area (Å²) in [7, 11) is 0. The molecule has 1 saturated heterocycles. The number of hydrogen-bond donors (Lipinski definition) is 3. The van der Waals surface area contributed by atoms with Crippen LogP contribution >= 0.6 is 0 Å². The van der Waals surface area contributed by atoms with Crippen LogP contribution in [0.3, 0.4) is 0 Å². The number of ether oxygens (including phenoxy) is 1. The van der Waals surface area contributed by atoms with Gasteiger partial charge in [-0.05, 0) is 30.7 Å². The first-order chi connectivity index (χ1) is 12.5. The Balaban J connectivity index is 1.85. The summed E-state index contributed by atoms with van der Waals surface area (Å²) in [4.78, 5) is 23.2. The van der Waals surface area contributed by atoms with Crippen molar-refractivity contribution in [2.24, 2.45) is 11.8 Å². The van der Waals surface area contributed by atoms with Crippen molar-refractivity contribution in [1.29, 1.82) is 0 Å². The lowest BCUT2D eigenvalue weighted by Crippen LogP contribution is -2.45. The molecule has 26 heavy (non-hydrogen) atoms. The van der Waals surface area contributed by atoms with E-state index in [1.807, 2.05) is 30.3 Å². The average molecular weight is 362 g/mol. The number of rotatable bonds is 9. The summed E-state index contributed by atoms with van der Waals surface area (Å²) in [6.07, 6.45) is 2.18. The second-order valence-electron chi connectivity index (χ2n) is 7.30. The lowest BCUT2D eigenvalue weighted by Gasteiger charge is -2.23. The monoisotopic (exact) mass is 362 g/mol. The van der Waals surface area contributed by atoms with E-state index in [1.54, 1.807) is 0 Å². The Kier molecular flexibility index (Phi) is 7.91. The van der Waals surface area contributed by atoms with Gasteiger partial charge in [-0.25, -0.2) is 4.79 Å². The number of aliphatic carboxylic acids is 1. The molecule has 0 aromatic heterocycles. The van der Waals surface area contributed by atoms with Gasteiger partial charge in [0.2, 0.25) is 0 Å². The van der Waals surface area contributed by atoms with Crippen LogP contribution in [0.15, 0.2) is 30.3 Å². The molecule has 3 atom stereocenters. The van der Waals surface area contributed by atoms with Crippen LogP contribution in [0.25, 0.3) is 0 Å². The summed E-state index contributed by atoms with van der Waals surface area (Å²) < 4.78 is 5.75. The van der Waals surface area contributed by atoms with Gasteiger partial charge in [-0.3, -0.25) is 4.79 Å². The molecule has 1 aromatic rings. The fourth-order valence-electron chi connectivity index (χ4n) is 3.49. The Bertz CT molecular complexity index is 576. The number of hydrogen-bond acceptors (Lipinski definition) is 3.